The molecule has 1 amide bonds. The quantitative estimate of drug-likeness (QED) is 0.589. The predicted octanol–water partition coefficient (Wildman–Crippen LogP) is 1.94. The van der Waals surface area contributed by atoms with Gasteiger partial charge in [0, 0.05) is 5.69 Å². The lowest BCUT2D eigenvalue weighted by molar-refractivity contribution is 0.0708. The largest absolute Gasteiger partial charge is 0.288 e. The zero-order valence-corrected chi connectivity index (χ0v) is 8.79. The third kappa shape index (κ3) is 1.83. The molecule has 2 N–H and O–H groups in total. The van der Waals surface area contributed by atoms with Crippen LogP contribution in [0.2, 0.25) is 0 Å². The van der Waals surface area contributed by atoms with Crippen LogP contribution in [0.25, 0.3) is 10.9 Å². The van der Waals surface area contributed by atoms with Gasteiger partial charge in [-0.3, -0.25) is 10.0 Å². The van der Waals surface area contributed by atoms with Crippen molar-refractivity contribution in [2.75, 3.05) is 0 Å². The lowest BCUT2D eigenvalue weighted by atomic mass is 10.1. The Morgan fingerprint density at radius 3 is 2.65 bits per heavy atom. The average molecular weight is 238 g/mol. The summed E-state index contributed by atoms with van der Waals surface area (Å²) in [6.45, 7) is 1.54. The standard InChI is InChI=1S/C11H8F2N2O2/c1-5-4-6(11(16)15-17)9-7(12)2-3-8(13)10(9)14-5/h2-4,17H,1H3,(H,15,16). The summed E-state index contributed by atoms with van der Waals surface area (Å²) in [7, 11) is 0. The molecule has 0 radical (unpaired) electrons. The lowest BCUT2D eigenvalue weighted by Crippen LogP contribution is -2.19. The number of amides is 1. The van der Waals surface area contributed by atoms with Gasteiger partial charge in [-0.05, 0) is 25.1 Å². The Labute approximate surface area is 94.9 Å². The third-order valence-corrected chi connectivity index (χ3v) is 2.33. The molecule has 0 unspecified atom stereocenters. The second-order valence-electron chi connectivity index (χ2n) is 3.50. The van der Waals surface area contributed by atoms with Crippen LogP contribution in [0.15, 0.2) is 18.2 Å². The molecule has 0 fully saturated rings. The van der Waals surface area contributed by atoms with Gasteiger partial charge in [0.2, 0.25) is 0 Å². The fraction of sp³-hybridized carbons (Fsp3) is 0.0909. The maximum absolute atomic E-state index is 13.6. The summed E-state index contributed by atoms with van der Waals surface area (Å²) < 4.78 is 27.1. The number of hydroxylamine groups is 1. The number of carbonyl (C=O) groups excluding carboxylic acids is 1. The zero-order valence-electron chi connectivity index (χ0n) is 8.79. The van der Waals surface area contributed by atoms with E-state index in [4.69, 9.17) is 5.21 Å². The highest BCUT2D eigenvalue weighted by Crippen LogP contribution is 2.24. The van der Waals surface area contributed by atoms with E-state index in [2.05, 4.69) is 4.98 Å². The minimum atomic E-state index is -0.912. The number of hydrogen-bond acceptors (Lipinski definition) is 3. The second kappa shape index (κ2) is 4.06. The van der Waals surface area contributed by atoms with Crippen LogP contribution in [0.5, 0.6) is 0 Å². The molecule has 0 spiro atoms. The smallest absolute Gasteiger partial charge is 0.275 e. The van der Waals surface area contributed by atoms with Crippen molar-refractivity contribution in [2.45, 2.75) is 6.92 Å². The highest BCUT2D eigenvalue weighted by atomic mass is 19.1. The maximum atomic E-state index is 13.6. The van der Waals surface area contributed by atoms with E-state index in [1.54, 1.807) is 0 Å². The van der Waals surface area contributed by atoms with E-state index >= 15 is 0 Å². The summed E-state index contributed by atoms with van der Waals surface area (Å²) >= 11 is 0. The fourth-order valence-corrected chi connectivity index (χ4v) is 1.64. The Morgan fingerprint density at radius 1 is 1.35 bits per heavy atom. The molecule has 2 rings (SSSR count). The number of aromatic nitrogens is 1. The predicted molar refractivity (Wildman–Crippen MR) is 55.6 cm³/mol. The molecule has 88 valence electrons. The van der Waals surface area contributed by atoms with E-state index in [0.717, 1.165) is 12.1 Å². The first-order valence-electron chi connectivity index (χ1n) is 4.74. The molecule has 0 aliphatic heterocycles. The van der Waals surface area contributed by atoms with Crippen LogP contribution in [0.3, 0.4) is 0 Å². The van der Waals surface area contributed by atoms with Crippen molar-refractivity contribution >= 4 is 16.8 Å². The monoisotopic (exact) mass is 238 g/mol. The van der Waals surface area contributed by atoms with Crippen molar-refractivity contribution < 1.29 is 18.8 Å². The van der Waals surface area contributed by atoms with Crippen LogP contribution in [-0.2, 0) is 0 Å². The van der Waals surface area contributed by atoms with Crippen molar-refractivity contribution in [3.63, 3.8) is 0 Å². The second-order valence-corrected chi connectivity index (χ2v) is 3.50. The van der Waals surface area contributed by atoms with Crippen molar-refractivity contribution in [1.29, 1.82) is 0 Å². The van der Waals surface area contributed by atoms with Gasteiger partial charge in [-0.2, -0.15) is 0 Å². The van der Waals surface area contributed by atoms with Crippen molar-refractivity contribution in [2.24, 2.45) is 0 Å². The van der Waals surface area contributed by atoms with E-state index in [1.165, 1.54) is 18.5 Å². The van der Waals surface area contributed by atoms with Crippen LogP contribution in [-0.4, -0.2) is 16.1 Å². The van der Waals surface area contributed by atoms with E-state index < -0.39 is 17.5 Å². The van der Waals surface area contributed by atoms with Crippen LogP contribution in [0.4, 0.5) is 8.78 Å². The van der Waals surface area contributed by atoms with E-state index in [1.807, 2.05) is 0 Å². The van der Waals surface area contributed by atoms with E-state index in [-0.39, 0.29) is 16.5 Å². The summed E-state index contributed by atoms with van der Waals surface area (Å²) in [4.78, 5) is 15.2. The Morgan fingerprint density at radius 2 is 2.00 bits per heavy atom. The molecule has 0 saturated carbocycles. The summed E-state index contributed by atoms with van der Waals surface area (Å²) in [5.41, 5.74) is 1.35. The molecule has 4 nitrogen and oxygen atoms in total. The molecule has 0 aliphatic rings. The van der Waals surface area contributed by atoms with Gasteiger partial charge < -0.3 is 0 Å². The molecular weight excluding hydrogens is 230 g/mol. The number of benzene rings is 1. The Hall–Kier alpha value is -2.08. The number of halogens is 2. The first-order chi connectivity index (χ1) is 8.04. The number of aryl methyl sites for hydroxylation is 1. The van der Waals surface area contributed by atoms with Gasteiger partial charge in [0.15, 0.2) is 0 Å². The number of hydrogen-bond donors (Lipinski definition) is 2. The number of rotatable bonds is 1. The fourth-order valence-electron chi connectivity index (χ4n) is 1.64. The van der Waals surface area contributed by atoms with Crippen molar-refractivity contribution in [1.82, 2.24) is 10.5 Å². The molecule has 0 bridgehead atoms. The Bertz CT molecular complexity index is 614. The molecule has 1 heterocycles. The summed E-state index contributed by atoms with van der Waals surface area (Å²) in [5.74, 6) is -2.41. The molecule has 6 heteroatoms. The van der Waals surface area contributed by atoms with Gasteiger partial charge in [0.05, 0.1) is 10.9 Å². The van der Waals surface area contributed by atoms with Crippen molar-refractivity contribution in [3.8, 4) is 0 Å². The molecule has 1 aromatic carbocycles. The number of nitrogens with zero attached hydrogens (tertiary/aromatic N) is 1. The van der Waals surface area contributed by atoms with Crippen molar-refractivity contribution in [3.05, 3.63) is 41.1 Å². The average Bonchev–Trinajstić information content (AvgIpc) is 2.32. The van der Waals surface area contributed by atoms with Gasteiger partial charge in [0.1, 0.15) is 17.2 Å². The number of nitrogens with one attached hydrogen (secondary N) is 1. The SMILES string of the molecule is Cc1cc(C(=O)NO)c2c(F)ccc(F)c2n1. The van der Waals surface area contributed by atoms with E-state index in [0.29, 0.717) is 5.69 Å². The minimum absolute atomic E-state index is 0.160. The van der Waals surface area contributed by atoms with Crippen LogP contribution >= 0.6 is 0 Å². The lowest BCUT2D eigenvalue weighted by Gasteiger charge is -2.07. The number of carbonyl (C=O) groups is 1. The number of fused-ring (bicyclic) bond motifs is 1. The minimum Gasteiger partial charge on any atom is -0.288 e. The normalized spacial score (nSPS) is 10.6. The Kier molecular flexibility index (Phi) is 2.72. The first-order valence-corrected chi connectivity index (χ1v) is 4.74. The molecule has 2 aromatic rings. The summed E-state index contributed by atoms with van der Waals surface area (Å²) in [6, 6.07) is 3.12. The maximum Gasteiger partial charge on any atom is 0.275 e. The third-order valence-electron chi connectivity index (χ3n) is 2.33. The van der Waals surface area contributed by atoms with Gasteiger partial charge in [-0.25, -0.2) is 19.2 Å². The van der Waals surface area contributed by atoms with Gasteiger partial charge >= 0.3 is 0 Å². The highest BCUT2D eigenvalue weighted by molar-refractivity contribution is 6.06. The van der Waals surface area contributed by atoms with Gasteiger partial charge in [0.25, 0.3) is 5.91 Å². The molecule has 1 aromatic heterocycles. The van der Waals surface area contributed by atoms with Crippen LogP contribution < -0.4 is 5.48 Å². The molecule has 0 aliphatic carbocycles. The van der Waals surface area contributed by atoms with Crippen LogP contribution in [0, 0.1) is 18.6 Å². The van der Waals surface area contributed by atoms with Crippen LogP contribution in [0.1, 0.15) is 16.1 Å². The van der Waals surface area contributed by atoms with Gasteiger partial charge in [-0.15, -0.1) is 0 Å². The molecule has 0 saturated heterocycles. The molecule has 17 heavy (non-hydrogen) atoms. The Balaban J connectivity index is 2.92. The van der Waals surface area contributed by atoms with Gasteiger partial charge in [-0.1, -0.05) is 0 Å². The number of pyridine rings is 1. The van der Waals surface area contributed by atoms with E-state index in [9.17, 15) is 13.6 Å². The molecular formula is C11H8F2N2O2. The zero-order chi connectivity index (χ0) is 12.6. The summed E-state index contributed by atoms with van der Waals surface area (Å²) in [5, 5.41) is 8.31. The molecule has 0 atom stereocenters. The topological polar surface area (TPSA) is 62.2 Å². The highest BCUT2D eigenvalue weighted by Gasteiger charge is 2.17. The first kappa shape index (κ1) is 11.4. The summed E-state index contributed by atoms with van der Waals surface area (Å²) in [6.07, 6.45) is 0.